The number of amides is 1. The number of fused-ring (bicyclic) bond motifs is 1. The minimum Gasteiger partial charge on any atom is -0.315 e. The van der Waals surface area contributed by atoms with Gasteiger partial charge in [-0.05, 0) is 17.5 Å². The summed E-state index contributed by atoms with van der Waals surface area (Å²) in [5, 5.41) is 3.83. The Morgan fingerprint density at radius 1 is 1.29 bits per heavy atom. The van der Waals surface area contributed by atoms with Gasteiger partial charge in [0.25, 0.3) is 5.56 Å². The molecule has 0 saturated carbocycles. The van der Waals surface area contributed by atoms with Gasteiger partial charge in [0.1, 0.15) is 5.82 Å². The van der Waals surface area contributed by atoms with E-state index in [4.69, 9.17) is 0 Å². The Labute approximate surface area is 79.6 Å². The molecular formula is C10H8N2O2. The van der Waals surface area contributed by atoms with Crippen LogP contribution in [0.1, 0.15) is 0 Å². The zero-order valence-electron chi connectivity index (χ0n) is 7.28. The molecule has 2 rings (SSSR count). The summed E-state index contributed by atoms with van der Waals surface area (Å²) in [5.74, 6) is 0.406. The van der Waals surface area contributed by atoms with Gasteiger partial charge in [-0.1, -0.05) is 18.2 Å². The van der Waals surface area contributed by atoms with Gasteiger partial charge in [-0.15, -0.1) is 0 Å². The molecule has 0 radical (unpaired) electrons. The molecule has 0 unspecified atom stereocenters. The number of nitrogens with one attached hydrogen (secondary N) is 2. The van der Waals surface area contributed by atoms with Crippen molar-refractivity contribution < 1.29 is 4.79 Å². The normalized spacial score (nSPS) is 10.0. The van der Waals surface area contributed by atoms with Crippen LogP contribution in [0, 0.1) is 0 Å². The minimum absolute atomic E-state index is 0.201. The van der Waals surface area contributed by atoms with E-state index in [9.17, 15) is 9.59 Å². The molecule has 2 N–H and O–H groups in total. The SMILES string of the molecule is O=CNc1cc2ccccc2c(=O)[nH]1. The maximum atomic E-state index is 11.5. The van der Waals surface area contributed by atoms with Crippen LogP contribution in [0.5, 0.6) is 0 Å². The Morgan fingerprint density at radius 2 is 2.07 bits per heavy atom. The first-order valence-corrected chi connectivity index (χ1v) is 4.13. The van der Waals surface area contributed by atoms with Gasteiger partial charge in [0.2, 0.25) is 6.41 Å². The molecule has 1 aromatic heterocycles. The second-order valence-corrected chi connectivity index (χ2v) is 2.86. The standard InChI is InChI=1S/C10H8N2O2/c13-6-11-9-5-7-3-1-2-4-8(7)10(14)12-9/h1-6H,(H2,11,12,13,14). The van der Waals surface area contributed by atoms with E-state index in [1.807, 2.05) is 12.1 Å². The van der Waals surface area contributed by atoms with E-state index in [1.54, 1.807) is 18.2 Å². The second kappa shape index (κ2) is 3.33. The summed E-state index contributed by atoms with van der Waals surface area (Å²) in [6.45, 7) is 0. The summed E-state index contributed by atoms with van der Waals surface area (Å²) in [6.07, 6.45) is 0.528. The summed E-state index contributed by atoms with van der Waals surface area (Å²) in [7, 11) is 0. The molecule has 4 nitrogen and oxygen atoms in total. The third-order valence-corrected chi connectivity index (χ3v) is 1.97. The molecule has 0 aliphatic rings. The van der Waals surface area contributed by atoms with Gasteiger partial charge >= 0.3 is 0 Å². The monoisotopic (exact) mass is 188 g/mol. The second-order valence-electron chi connectivity index (χ2n) is 2.86. The van der Waals surface area contributed by atoms with Crippen molar-refractivity contribution >= 4 is 23.0 Å². The molecule has 0 atom stereocenters. The number of pyridine rings is 1. The van der Waals surface area contributed by atoms with Crippen molar-refractivity contribution in [2.45, 2.75) is 0 Å². The summed E-state index contributed by atoms with van der Waals surface area (Å²) in [6, 6.07) is 8.90. The van der Waals surface area contributed by atoms with Crippen LogP contribution < -0.4 is 10.9 Å². The Hall–Kier alpha value is -2.10. The highest BCUT2D eigenvalue weighted by Crippen LogP contribution is 2.11. The Balaban J connectivity index is 2.72. The average Bonchev–Trinajstić information content (AvgIpc) is 2.18. The maximum Gasteiger partial charge on any atom is 0.257 e. The van der Waals surface area contributed by atoms with Gasteiger partial charge in [-0.25, -0.2) is 0 Å². The van der Waals surface area contributed by atoms with Gasteiger partial charge in [0.05, 0.1) is 0 Å². The van der Waals surface area contributed by atoms with Gasteiger partial charge in [-0.2, -0.15) is 0 Å². The number of aromatic nitrogens is 1. The number of H-pyrrole nitrogens is 1. The molecule has 0 spiro atoms. The van der Waals surface area contributed by atoms with Crippen LogP contribution in [0.4, 0.5) is 5.82 Å². The fourth-order valence-corrected chi connectivity index (χ4v) is 1.35. The molecule has 1 heterocycles. The average molecular weight is 188 g/mol. The highest BCUT2D eigenvalue weighted by atomic mass is 16.1. The smallest absolute Gasteiger partial charge is 0.257 e. The number of benzene rings is 1. The van der Waals surface area contributed by atoms with Crippen molar-refractivity contribution in [1.29, 1.82) is 0 Å². The zero-order chi connectivity index (χ0) is 9.97. The van der Waals surface area contributed by atoms with Crippen molar-refractivity contribution in [1.82, 2.24) is 4.98 Å². The Bertz CT molecular complexity index is 531. The topological polar surface area (TPSA) is 62.0 Å². The summed E-state index contributed by atoms with van der Waals surface area (Å²) in [5.41, 5.74) is -0.201. The van der Waals surface area contributed by atoms with Gasteiger partial charge in [-0.3, -0.25) is 9.59 Å². The summed E-state index contributed by atoms with van der Waals surface area (Å²) < 4.78 is 0. The van der Waals surface area contributed by atoms with Crippen LogP contribution >= 0.6 is 0 Å². The van der Waals surface area contributed by atoms with E-state index in [2.05, 4.69) is 10.3 Å². The first kappa shape index (κ1) is 8.50. The number of hydrogen-bond donors (Lipinski definition) is 2. The fraction of sp³-hybridized carbons (Fsp3) is 0. The van der Waals surface area contributed by atoms with E-state index in [0.717, 1.165) is 5.39 Å². The minimum atomic E-state index is -0.201. The van der Waals surface area contributed by atoms with Crippen molar-refractivity contribution in [3.8, 4) is 0 Å². The van der Waals surface area contributed by atoms with Gasteiger partial charge in [0, 0.05) is 5.39 Å². The van der Waals surface area contributed by atoms with Crippen LogP contribution in [0.15, 0.2) is 35.1 Å². The lowest BCUT2D eigenvalue weighted by Gasteiger charge is -2.00. The Morgan fingerprint density at radius 3 is 2.86 bits per heavy atom. The van der Waals surface area contributed by atoms with Crippen molar-refractivity contribution in [2.24, 2.45) is 0 Å². The molecule has 1 aromatic carbocycles. The molecule has 0 bridgehead atoms. The third-order valence-electron chi connectivity index (χ3n) is 1.97. The molecule has 70 valence electrons. The predicted octanol–water partition coefficient (Wildman–Crippen LogP) is 1.10. The van der Waals surface area contributed by atoms with Crippen LogP contribution in [0.25, 0.3) is 10.8 Å². The highest BCUT2D eigenvalue weighted by Gasteiger charge is 1.99. The third kappa shape index (κ3) is 1.37. The Kier molecular flexibility index (Phi) is 2.02. The number of carbonyl (C=O) groups excluding carboxylic acids is 1. The van der Waals surface area contributed by atoms with Gasteiger partial charge < -0.3 is 10.3 Å². The van der Waals surface area contributed by atoms with E-state index >= 15 is 0 Å². The fourth-order valence-electron chi connectivity index (χ4n) is 1.35. The van der Waals surface area contributed by atoms with Crippen LogP contribution in [-0.2, 0) is 4.79 Å². The molecule has 4 heteroatoms. The largest absolute Gasteiger partial charge is 0.315 e. The number of hydrogen-bond acceptors (Lipinski definition) is 2. The van der Waals surface area contributed by atoms with E-state index in [1.165, 1.54) is 0 Å². The molecule has 0 aliphatic heterocycles. The molecule has 2 aromatic rings. The number of carbonyl (C=O) groups is 1. The van der Waals surface area contributed by atoms with Crippen LogP contribution in [0.2, 0.25) is 0 Å². The van der Waals surface area contributed by atoms with Crippen molar-refractivity contribution in [3.05, 3.63) is 40.7 Å². The zero-order valence-corrected chi connectivity index (χ0v) is 7.28. The molecule has 1 amide bonds. The lowest BCUT2D eigenvalue weighted by atomic mass is 10.2. The maximum absolute atomic E-state index is 11.5. The lowest BCUT2D eigenvalue weighted by Crippen LogP contribution is -2.09. The molecular weight excluding hydrogens is 180 g/mol. The molecule has 0 saturated heterocycles. The summed E-state index contributed by atoms with van der Waals surface area (Å²) in [4.78, 5) is 24.2. The van der Waals surface area contributed by atoms with Crippen molar-refractivity contribution in [3.63, 3.8) is 0 Å². The molecule has 14 heavy (non-hydrogen) atoms. The first-order valence-electron chi connectivity index (χ1n) is 4.13. The molecule has 0 aliphatic carbocycles. The van der Waals surface area contributed by atoms with Gasteiger partial charge in [0.15, 0.2) is 0 Å². The predicted molar refractivity (Wildman–Crippen MR) is 54.3 cm³/mol. The summed E-state index contributed by atoms with van der Waals surface area (Å²) >= 11 is 0. The van der Waals surface area contributed by atoms with E-state index in [-0.39, 0.29) is 5.56 Å². The first-order chi connectivity index (χ1) is 6.81. The van der Waals surface area contributed by atoms with Crippen molar-refractivity contribution in [2.75, 3.05) is 5.32 Å². The van der Waals surface area contributed by atoms with Crippen LogP contribution in [0.3, 0.4) is 0 Å². The van der Waals surface area contributed by atoms with Crippen LogP contribution in [-0.4, -0.2) is 11.4 Å². The number of aromatic amines is 1. The number of anilines is 1. The number of rotatable bonds is 2. The van der Waals surface area contributed by atoms with E-state index < -0.39 is 0 Å². The quantitative estimate of drug-likeness (QED) is 0.693. The highest BCUT2D eigenvalue weighted by molar-refractivity contribution is 5.85. The lowest BCUT2D eigenvalue weighted by molar-refractivity contribution is -0.105. The molecule has 0 fully saturated rings. The van der Waals surface area contributed by atoms with E-state index in [0.29, 0.717) is 17.6 Å².